The van der Waals surface area contributed by atoms with Crippen molar-refractivity contribution in [2.75, 3.05) is 44.3 Å². The SMILES string of the molecule is Cc1ccc2sc(N(CCN3CCOCC3)C(=O)c3cc([N+](=O)[O-])cc([N+](=O)[O-])c3)nc2c1C. The first kappa shape index (κ1) is 23.7. The van der Waals surface area contributed by atoms with Gasteiger partial charge in [-0.25, -0.2) is 4.98 Å². The molecule has 1 saturated heterocycles. The van der Waals surface area contributed by atoms with E-state index in [-0.39, 0.29) is 12.1 Å². The molecule has 1 aliphatic rings. The lowest BCUT2D eigenvalue weighted by atomic mass is 10.1. The Kier molecular flexibility index (Phi) is 6.82. The van der Waals surface area contributed by atoms with Crippen LogP contribution in [0.3, 0.4) is 0 Å². The fourth-order valence-electron chi connectivity index (χ4n) is 3.77. The summed E-state index contributed by atoms with van der Waals surface area (Å²) in [6.07, 6.45) is 0. The minimum atomic E-state index is -0.744. The molecular formula is C22H23N5O6S. The van der Waals surface area contributed by atoms with Crippen LogP contribution in [-0.2, 0) is 4.74 Å². The highest BCUT2D eigenvalue weighted by Gasteiger charge is 2.27. The number of nitrogens with zero attached hydrogens (tertiary/aromatic N) is 5. The number of anilines is 1. The minimum absolute atomic E-state index is 0.130. The number of carbonyl (C=O) groups excluding carboxylic acids is 1. The number of ether oxygens (including phenoxy) is 1. The number of nitro groups is 2. The van der Waals surface area contributed by atoms with Gasteiger partial charge in [0.25, 0.3) is 17.3 Å². The third kappa shape index (κ3) is 4.88. The van der Waals surface area contributed by atoms with Crippen LogP contribution in [0.1, 0.15) is 21.5 Å². The van der Waals surface area contributed by atoms with Gasteiger partial charge in [0.05, 0.1) is 44.9 Å². The third-order valence-electron chi connectivity index (χ3n) is 5.86. The number of rotatable bonds is 7. The zero-order valence-electron chi connectivity index (χ0n) is 18.7. The molecular weight excluding hydrogens is 462 g/mol. The van der Waals surface area contributed by atoms with E-state index >= 15 is 0 Å². The molecule has 1 aliphatic heterocycles. The van der Waals surface area contributed by atoms with E-state index in [0.717, 1.165) is 52.6 Å². The number of thiazole rings is 1. The lowest BCUT2D eigenvalue weighted by Gasteiger charge is -2.29. The van der Waals surface area contributed by atoms with Crippen LogP contribution in [-0.4, -0.2) is 65.0 Å². The summed E-state index contributed by atoms with van der Waals surface area (Å²) in [7, 11) is 0. The zero-order valence-corrected chi connectivity index (χ0v) is 19.5. The van der Waals surface area contributed by atoms with Crippen LogP contribution in [0, 0.1) is 34.1 Å². The number of hydrogen-bond donors (Lipinski definition) is 0. The maximum absolute atomic E-state index is 13.6. The zero-order chi connectivity index (χ0) is 24.4. The van der Waals surface area contributed by atoms with Gasteiger partial charge in [0, 0.05) is 38.3 Å². The maximum atomic E-state index is 13.6. The molecule has 0 radical (unpaired) electrons. The summed E-state index contributed by atoms with van der Waals surface area (Å²) in [6.45, 7) is 7.41. The second-order valence-electron chi connectivity index (χ2n) is 8.01. The molecule has 34 heavy (non-hydrogen) atoms. The van der Waals surface area contributed by atoms with Gasteiger partial charge >= 0.3 is 0 Å². The molecule has 0 bridgehead atoms. The van der Waals surface area contributed by atoms with Crippen molar-refractivity contribution in [3.63, 3.8) is 0 Å². The van der Waals surface area contributed by atoms with Crippen LogP contribution >= 0.6 is 11.3 Å². The largest absolute Gasteiger partial charge is 0.379 e. The number of nitro benzene ring substituents is 2. The lowest BCUT2D eigenvalue weighted by molar-refractivity contribution is -0.394. The summed E-state index contributed by atoms with van der Waals surface area (Å²) >= 11 is 1.34. The predicted octanol–water partition coefficient (Wildman–Crippen LogP) is 3.71. The highest BCUT2D eigenvalue weighted by molar-refractivity contribution is 7.22. The normalized spacial score (nSPS) is 14.3. The molecule has 1 aromatic heterocycles. The van der Waals surface area contributed by atoms with Crippen molar-refractivity contribution in [3.05, 3.63) is 67.3 Å². The number of fused-ring (bicyclic) bond motifs is 1. The molecule has 0 spiro atoms. The van der Waals surface area contributed by atoms with E-state index < -0.39 is 27.1 Å². The van der Waals surface area contributed by atoms with Crippen molar-refractivity contribution in [2.45, 2.75) is 13.8 Å². The van der Waals surface area contributed by atoms with E-state index in [0.29, 0.717) is 24.9 Å². The Morgan fingerprint density at radius 3 is 2.38 bits per heavy atom. The molecule has 12 heteroatoms. The molecule has 1 fully saturated rings. The number of hydrogen-bond acceptors (Lipinski definition) is 9. The minimum Gasteiger partial charge on any atom is -0.379 e. The molecule has 11 nitrogen and oxygen atoms in total. The van der Waals surface area contributed by atoms with Gasteiger partial charge < -0.3 is 4.74 Å². The van der Waals surface area contributed by atoms with Crippen LogP contribution in [0.5, 0.6) is 0 Å². The Balaban J connectivity index is 1.74. The van der Waals surface area contributed by atoms with Crippen molar-refractivity contribution in [2.24, 2.45) is 0 Å². The Hall–Kier alpha value is -3.48. The average Bonchev–Trinajstić information content (AvgIpc) is 3.26. The van der Waals surface area contributed by atoms with E-state index in [9.17, 15) is 25.0 Å². The number of non-ortho nitro benzene ring substituents is 2. The second-order valence-corrected chi connectivity index (χ2v) is 9.02. The van der Waals surface area contributed by atoms with Gasteiger partial charge in [0.15, 0.2) is 5.13 Å². The first-order chi connectivity index (χ1) is 16.2. The summed E-state index contributed by atoms with van der Waals surface area (Å²) in [5.41, 5.74) is 1.71. The summed E-state index contributed by atoms with van der Waals surface area (Å²) in [5.74, 6) is -0.575. The van der Waals surface area contributed by atoms with Crippen molar-refractivity contribution >= 4 is 44.0 Å². The summed E-state index contributed by atoms with van der Waals surface area (Å²) in [6, 6.07) is 6.92. The summed E-state index contributed by atoms with van der Waals surface area (Å²) < 4.78 is 6.29. The van der Waals surface area contributed by atoms with Crippen LogP contribution < -0.4 is 4.90 Å². The molecule has 0 saturated carbocycles. The number of benzene rings is 2. The van der Waals surface area contributed by atoms with Crippen LogP contribution in [0.15, 0.2) is 30.3 Å². The number of aryl methyl sites for hydroxylation is 2. The lowest BCUT2D eigenvalue weighted by Crippen LogP contribution is -2.43. The van der Waals surface area contributed by atoms with Crippen molar-refractivity contribution in [1.29, 1.82) is 0 Å². The molecule has 178 valence electrons. The third-order valence-corrected chi connectivity index (χ3v) is 6.91. The van der Waals surface area contributed by atoms with Crippen molar-refractivity contribution in [3.8, 4) is 0 Å². The number of morpholine rings is 1. The van der Waals surface area contributed by atoms with Gasteiger partial charge in [0.2, 0.25) is 0 Å². The van der Waals surface area contributed by atoms with Gasteiger partial charge in [-0.2, -0.15) is 0 Å². The average molecular weight is 486 g/mol. The molecule has 2 aromatic carbocycles. The van der Waals surface area contributed by atoms with Gasteiger partial charge in [-0.3, -0.25) is 34.8 Å². The van der Waals surface area contributed by atoms with Crippen LogP contribution in [0.2, 0.25) is 0 Å². The smallest absolute Gasteiger partial charge is 0.277 e. The molecule has 0 unspecified atom stereocenters. The number of aromatic nitrogens is 1. The Morgan fingerprint density at radius 2 is 1.76 bits per heavy atom. The maximum Gasteiger partial charge on any atom is 0.277 e. The second kappa shape index (κ2) is 9.79. The monoisotopic (exact) mass is 485 g/mol. The first-order valence-corrected chi connectivity index (χ1v) is 11.5. The van der Waals surface area contributed by atoms with Gasteiger partial charge in [0.1, 0.15) is 0 Å². The van der Waals surface area contributed by atoms with E-state index in [1.54, 1.807) is 0 Å². The van der Waals surface area contributed by atoms with Crippen molar-refractivity contribution in [1.82, 2.24) is 9.88 Å². The quantitative estimate of drug-likeness (QED) is 0.365. The molecule has 1 amide bonds. The fraction of sp³-hybridized carbons (Fsp3) is 0.364. The topological polar surface area (TPSA) is 132 Å². The molecule has 4 rings (SSSR count). The Labute approximate surface area is 198 Å². The van der Waals surface area contributed by atoms with Gasteiger partial charge in [-0.05, 0) is 31.0 Å². The van der Waals surface area contributed by atoms with Gasteiger partial charge in [-0.1, -0.05) is 17.4 Å². The molecule has 0 N–H and O–H groups in total. The van der Waals surface area contributed by atoms with Gasteiger partial charge in [-0.15, -0.1) is 0 Å². The first-order valence-electron chi connectivity index (χ1n) is 10.7. The number of carbonyl (C=O) groups is 1. The highest BCUT2D eigenvalue weighted by atomic mass is 32.1. The summed E-state index contributed by atoms with van der Waals surface area (Å²) in [4.78, 5) is 43.1. The Bertz CT molecular complexity index is 1240. The van der Waals surface area contributed by atoms with E-state index in [4.69, 9.17) is 9.72 Å². The van der Waals surface area contributed by atoms with Crippen LogP contribution in [0.4, 0.5) is 16.5 Å². The number of amides is 1. The molecule has 0 aliphatic carbocycles. The molecule has 0 atom stereocenters. The summed E-state index contributed by atoms with van der Waals surface area (Å²) in [5, 5.41) is 23.1. The van der Waals surface area contributed by atoms with Crippen molar-refractivity contribution < 1.29 is 19.4 Å². The molecule has 2 heterocycles. The highest BCUT2D eigenvalue weighted by Crippen LogP contribution is 2.33. The van der Waals surface area contributed by atoms with E-state index in [1.165, 1.54) is 16.2 Å². The van der Waals surface area contributed by atoms with E-state index in [1.807, 2.05) is 26.0 Å². The predicted molar refractivity (Wildman–Crippen MR) is 128 cm³/mol. The molecule has 3 aromatic rings. The van der Waals surface area contributed by atoms with E-state index in [2.05, 4.69) is 4.90 Å². The van der Waals surface area contributed by atoms with Crippen LogP contribution in [0.25, 0.3) is 10.2 Å². The fourth-order valence-corrected chi connectivity index (χ4v) is 4.81. The standard InChI is InChI=1S/C22H23N5O6S/c1-14-3-4-19-20(15(14)2)23-22(34-19)25(6-5-24-7-9-33-10-8-24)21(28)16-11-17(26(29)30)13-18(12-16)27(31)32/h3-4,11-13H,5-10H2,1-2H3. The Morgan fingerprint density at radius 1 is 1.12 bits per heavy atom.